The standard InChI is InChI=1S/C31H40N10O4/c1-31(2,3)45-30(44)40-15-13-39(14-16-40)22-5-6-26(34-18-22)37-29(43)41-12-9-24-27(35-20-36-28(24)41)38(4)25-19-33-11-8-21(25)17-23(42)7-10-32/h5-6,9,12,18,20-21,25,33H,7-8,11,13-17,19H2,1-4H3,(H,34,37,43)/t21-,25+/m1/s1. The van der Waals surface area contributed by atoms with Crippen LogP contribution in [0, 0.1) is 17.2 Å². The van der Waals surface area contributed by atoms with Gasteiger partial charge in [0, 0.05) is 58.4 Å². The predicted octanol–water partition coefficient (Wildman–Crippen LogP) is 3.25. The number of Topliss-reactive ketones (excluding diaryl/α,β-unsaturated/α-hetero) is 1. The molecule has 2 aliphatic rings. The summed E-state index contributed by atoms with van der Waals surface area (Å²) in [6, 6.07) is 6.97. The topological polar surface area (TPSA) is 162 Å². The van der Waals surface area contributed by atoms with Crippen molar-refractivity contribution in [1.82, 2.24) is 29.7 Å². The van der Waals surface area contributed by atoms with E-state index in [0.717, 1.165) is 18.7 Å². The fourth-order valence-corrected chi connectivity index (χ4v) is 5.87. The largest absolute Gasteiger partial charge is 0.444 e. The Morgan fingerprint density at radius 3 is 2.60 bits per heavy atom. The van der Waals surface area contributed by atoms with E-state index in [9.17, 15) is 14.4 Å². The molecule has 3 aromatic heterocycles. The number of amides is 2. The number of rotatable bonds is 7. The van der Waals surface area contributed by atoms with Crippen LogP contribution in [0.25, 0.3) is 11.0 Å². The van der Waals surface area contributed by atoms with Crippen LogP contribution >= 0.6 is 0 Å². The molecule has 14 heteroatoms. The Labute approximate surface area is 262 Å². The van der Waals surface area contributed by atoms with Crippen molar-refractivity contribution in [3.63, 3.8) is 0 Å². The minimum absolute atomic E-state index is 0.0142. The van der Waals surface area contributed by atoms with Crippen molar-refractivity contribution in [1.29, 1.82) is 5.26 Å². The van der Waals surface area contributed by atoms with Crippen LogP contribution in [-0.2, 0) is 9.53 Å². The van der Waals surface area contributed by atoms with Gasteiger partial charge in [0.2, 0.25) is 0 Å². The van der Waals surface area contributed by atoms with Crippen molar-refractivity contribution in [2.75, 3.05) is 61.4 Å². The second-order valence-corrected chi connectivity index (χ2v) is 12.4. The molecule has 5 rings (SSSR count). The second kappa shape index (κ2) is 13.5. The van der Waals surface area contributed by atoms with Gasteiger partial charge in [-0.1, -0.05) is 0 Å². The summed E-state index contributed by atoms with van der Waals surface area (Å²) >= 11 is 0. The zero-order valence-corrected chi connectivity index (χ0v) is 26.2. The van der Waals surface area contributed by atoms with Gasteiger partial charge in [-0.3, -0.25) is 14.7 Å². The lowest BCUT2D eigenvalue weighted by molar-refractivity contribution is -0.119. The normalized spacial score (nSPS) is 18.7. The number of hydrogen-bond donors (Lipinski definition) is 2. The number of hydrogen-bond acceptors (Lipinski definition) is 11. The molecule has 45 heavy (non-hydrogen) atoms. The molecular formula is C31H40N10O4. The number of piperazine rings is 1. The average molecular weight is 617 g/mol. The van der Waals surface area contributed by atoms with Gasteiger partial charge in [-0.25, -0.2) is 24.5 Å². The summed E-state index contributed by atoms with van der Waals surface area (Å²) in [7, 11) is 1.93. The molecule has 0 bridgehead atoms. The molecule has 0 spiro atoms. The molecule has 2 fully saturated rings. The van der Waals surface area contributed by atoms with Crippen molar-refractivity contribution >= 4 is 46.3 Å². The molecule has 2 saturated heterocycles. The molecule has 14 nitrogen and oxygen atoms in total. The third-order valence-corrected chi connectivity index (χ3v) is 8.15. The van der Waals surface area contributed by atoms with Crippen molar-refractivity contribution < 1.29 is 19.1 Å². The predicted molar refractivity (Wildman–Crippen MR) is 169 cm³/mol. The van der Waals surface area contributed by atoms with Gasteiger partial charge in [0.15, 0.2) is 5.65 Å². The first-order chi connectivity index (χ1) is 21.5. The van der Waals surface area contributed by atoms with E-state index in [-0.39, 0.29) is 30.3 Å². The van der Waals surface area contributed by atoms with E-state index < -0.39 is 11.6 Å². The van der Waals surface area contributed by atoms with Crippen LogP contribution in [0.2, 0.25) is 0 Å². The Balaban J connectivity index is 1.23. The number of fused-ring (bicyclic) bond motifs is 1. The average Bonchev–Trinajstić information content (AvgIpc) is 3.45. The van der Waals surface area contributed by atoms with Crippen LogP contribution in [0.5, 0.6) is 0 Å². The zero-order chi connectivity index (χ0) is 32.1. The molecule has 0 unspecified atom stereocenters. The molecule has 2 amide bonds. The lowest BCUT2D eigenvalue weighted by Gasteiger charge is -2.39. The van der Waals surface area contributed by atoms with Crippen molar-refractivity contribution in [3.8, 4) is 6.07 Å². The molecule has 0 aliphatic carbocycles. The van der Waals surface area contributed by atoms with Gasteiger partial charge in [-0.2, -0.15) is 5.26 Å². The smallest absolute Gasteiger partial charge is 0.410 e. The van der Waals surface area contributed by atoms with E-state index in [2.05, 4.69) is 30.5 Å². The van der Waals surface area contributed by atoms with E-state index in [1.165, 1.54) is 10.9 Å². The number of pyridine rings is 1. The van der Waals surface area contributed by atoms with Crippen molar-refractivity contribution in [3.05, 3.63) is 36.9 Å². The highest BCUT2D eigenvalue weighted by molar-refractivity contribution is 5.99. The molecular weight excluding hydrogens is 576 g/mol. The Morgan fingerprint density at radius 1 is 1.13 bits per heavy atom. The number of nitrogens with zero attached hydrogens (tertiary/aromatic N) is 8. The van der Waals surface area contributed by atoms with Gasteiger partial charge in [-0.05, 0) is 57.9 Å². The highest BCUT2D eigenvalue weighted by Crippen LogP contribution is 2.30. The summed E-state index contributed by atoms with van der Waals surface area (Å²) in [5.41, 5.74) is 0.813. The maximum Gasteiger partial charge on any atom is 0.410 e. The minimum Gasteiger partial charge on any atom is -0.444 e. The molecule has 5 heterocycles. The highest BCUT2D eigenvalue weighted by Gasteiger charge is 2.32. The number of aromatic nitrogens is 4. The third-order valence-electron chi connectivity index (χ3n) is 8.15. The van der Waals surface area contributed by atoms with Gasteiger partial charge in [0.1, 0.15) is 29.3 Å². The van der Waals surface area contributed by atoms with E-state index >= 15 is 0 Å². The molecule has 0 radical (unpaired) electrons. The van der Waals surface area contributed by atoms with Crippen LogP contribution in [0.4, 0.5) is 26.9 Å². The van der Waals surface area contributed by atoms with Crippen molar-refractivity contribution in [2.45, 2.75) is 51.7 Å². The summed E-state index contributed by atoms with van der Waals surface area (Å²) in [5, 5.41) is 15.9. The molecule has 0 aromatic carbocycles. The molecule has 2 atom stereocenters. The lowest BCUT2D eigenvalue weighted by Crippen LogP contribution is -2.50. The number of anilines is 3. The van der Waals surface area contributed by atoms with Crippen LogP contribution in [0.1, 0.15) is 40.0 Å². The van der Waals surface area contributed by atoms with E-state index in [0.29, 0.717) is 61.8 Å². The number of likely N-dealkylation sites (N-methyl/N-ethyl adjacent to an activating group) is 1. The first-order valence-corrected chi connectivity index (χ1v) is 15.2. The number of piperidine rings is 1. The van der Waals surface area contributed by atoms with Crippen LogP contribution in [0.3, 0.4) is 0 Å². The number of carbonyl (C=O) groups is 3. The molecule has 2 aliphatic heterocycles. The molecule has 0 saturated carbocycles. The fraction of sp³-hybridized carbons (Fsp3) is 0.516. The number of nitrogens with one attached hydrogen (secondary N) is 2. The van der Waals surface area contributed by atoms with Crippen LogP contribution in [-0.4, -0.2) is 100 Å². The Morgan fingerprint density at radius 2 is 1.91 bits per heavy atom. The monoisotopic (exact) mass is 616 g/mol. The minimum atomic E-state index is -0.532. The second-order valence-electron chi connectivity index (χ2n) is 12.4. The van der Waals surface area contributed by atoms with E-state index in [4.69, 9.17) is 10.00 Å². The number of carbonyl (C=O) groups excluding carboxylic acids is 3. The molecule has 2 N–H and O–H groups in total. The highest BCUT2D eigenvalue weighted by atomic mass is 16.6. The van der Waals surface area contributed by atoms with E-state index in [1.807, 2.05) is 44.9 Å². The van der Waals surface area contributed by atoms with Crippen molar-refractivity contribution in [2.24, 2.45) is 5.92 Å². The molecule has 3 aromatic rings. The summed E-state index contributed by atoms with van der Waals surface area (Å²) < 4.78 is 6.90. The molecule has 238 valence electrons. The summed E-state index contributed by atoms with van der Waals surface area (Å²) in [6.07, 6.45) is 5.56. The number of ether oxygens (including phenoxy) is 1. The van der Waals surface area contributed by atoms with Gasteiger partial charge in [-0.15, -0.1) is 0 Å². The first kappa shape index (κ1) is 31.6. The Hall–Kier alpha value is -4.77. The lowest BCUT2D eigenvalue weighted by atomic mass is 9.86. The van der Waals surface area contributed by atoms with Crippen LogP contribution < -0.4 is 20.4 Å². The van der Waals surface area contributed by atoms with Gasteiger partial charge in [0.05, 0.1) is 29.8 Å². The fourth-order valence-electron chi connectivity index (χ4n) is 5.87. The number of ketones is 1. The quantitative estimate of drug-likeness (QED) is 0.401. The Bertz CT molecular complexity index is 1570. The third kappa shape index (κ3) is 7.49. The SMILES string of the molecule is CN(c1ncnc2c1ccn2C(=O)Nc1ccc(N2CCN(C(=O)OC(C)(C)C)CC2)cn1)[C@H]1CNCC[C@@H]1CC(=O)CC#N. The van der Waals surface area contributed by atoms with E-state index in [1.54, 1.807) is 29.4 Å². The summed E-state index contributed by atoms with van der Waals surface area (Å²) in [4.78, 5) is 57.2. The zero-order valence-electron chi connectivity index (χ0n) is 26.2. The van der Waals surface area contributed by atoms with Gasteiger partial charge < -0.3 is 24.8 Å². The summed E-state index contributed by atoms with van der Waals surface area (Å²) in [5.74, 6) is 1.08. The number of nitriles is 1. The summed E-state index contributed by atoms with van der Waals surface area (Å²) in [6.45, 7) is 9.43. The van der Waals surface area contributed by atoms with Gasteiger partial charge in [0.25, 0.3) is 0 Å². The van der Waals surface area contributed by atoms with Gasteiger partial charge >= 0.3 is 12.1 Å². The Kier molecular flexibility index (Phi) is 9.48. The first-order valence-electron chi connectivity index (χ1n) is 15.2. The maximum atomic E-state index is 13.3. The maximum absolute atomic E-state index is 13.3. The van der Waals surface area contributed by atoms with Crippen LogP contribution in [0.15, 0.2) is 36.9 Å².